The van der Waals surface area contributed by atoms with Crippen molar-refractivity contribution in [2.24, 2.45) is 0 Å². The highest BCUT2D eigenvalue weighted by Crippen LogP contribution is 2.10. The number of anilines is 1. The second-order valence-electron chi connectivity index (χ2n) is 5.23. The number of carbonyl (C=O) groups excluding carboxylic acids is 2. The Morgan fingerprint density at radius 3 is 2.33 bits per heavy atom. The zero-order valence-corrected chi connectivity index (χ0v) is 13.0. The van der Waals surface area contributed by atoms with Gasteiger partial charge in [-0.15, -0.1) is 0 Å². The van der Waals surface area contributed by atoms with Crippen LogP contribution in [0.3, 0.4) is 0 Å². The highest BCUT2D eigenvalue weighted by atomic mass is 16.5. The predicted molar refractivity (Wildman–Crippen MR) is 85.3 cm³/mol. The van der Waals surface area contributed by atoms with E-state index in [9.17, 15) is 9.59 Å². The minimum atomic E-state index is -0.526. The average Bonchev–Trinajstić information content (AvgIpc) is 2.67. The number of hydrogen-bond acceptors (Lipinski definition) is 7. The molecular weight excluding hydrogens is 310 g/mol. The Balaban J connectivity index is 1.46. The fraction of sp³-hybridized carbons (Fsp3) is 0.312. The number of hydrogen-bond donors (Lipinski definition) is 0. The molecule has 24 heavy (non-hydrogen) atoms. The van der Waals surface area contributed by atoms with E-state index in [1.54, 1.807) is 35.5 Å². The second kappa shape index (κ2) is 7.49. The Morgan fingerprint density at radius 2 is 1.67 bits per heavy atom. The highest BCUT2D eigenvalue weighted by molar-refractivity contribution is 5.91. The van der Waals surface area contributed by atoms with Gasteiger partial charge in [-0.25, -0.2) is 14.8 Å². The van der Waals surface area contributed by atoms with E-state index in [0.29, 0.717) is 37.7 Å². The number of piperazine rings is 1. The summed E-state index contributed by atoms with van der Waals surface area (Å²) >= 11 is 0. The zero-order valence-electron chi connectivity index (χ0n) is 13.0. The summed E-state index contributed by atoms with van der Waals surface area (Å²) in [6.07, 6.45) is 6.39. The van der Waals surface area contributed by atoms with Crippen LogP contribution in [-0.4, -0.2) is 64.5 Å². The molecule has 0 bridgehead atoms. The van der Waals surface area contributed by atoms with Crippen LogP contribution < -0.4 is 4.90 Å². The van der Waals surface area contributed by atoms with E-state index in [1.165, 1.54) is 12.4 Å². The van der Waals surface area contributed by atoms with Crippen molar-refractivity contribution in [3.8, 4) is 0 Å². The minimum absolute atomic E-state index is 0.203. The first-order valence-electron chi connectivity index (χ1n) is 7.61. The van der Waals surface area contributed by atoms with Crippen molar-refractivity contribution in [3.05, 3.63) is 48.5 Å². The number of ether oxygens (including phenoxy) is 1. The summed E-state index contributed by atoms with van der Waals surface area (Å²) < 4.78 is 5.06. The lowest BCUT2D eigenvalue weighted by Crippen LogP contribution is -2.50. The van der Waals surface area contributed by atoms with Gasteiger partial charge in [-0.3, -0.25) is 9.78 Å². The molecule has 0 radical (unpaired) electrons. The summed E-state index contributed by atoms with van der Waals surface area (Å²) in [5.74, 6) is -0.0678. The number of esters is 1. The predicted octanol–water partition coefficient (Wildman–Crippen LogP) is 0.377. The van der Waals surface area contributed by atoms with Gasteiger partial charge in [-0.05, 0) is 18.2 Å². The van der Waals surface area contributed by atoms with Gasteiger partial charge >= 0.3 is 5.97 Å². The van der Waals surface area contributed by atoms with Crippen molar-refractivity contribution in [1.82, 2.24) is 19.9 Å². The molecular formula is C16H17N5O3. The molecule has 1 saturated heterocycles. The van der Waals surface area contributed by atoms with Crippen molar-refractivity contribution >= 4 is 17.8 Å². The first-order chi connectivity index (χ1) is 11.7. The molecule has 3 rings (SSSR count). The molecule has 1 aliphatic heterocycles. The number of carbonyl (C=O) groups is 2. The summed E-state index contributed by atoms with van der Waals surface area (Å²) in [6.45, 7) is 2.12. The van der Waals surface area contributed by atoms with Crippen molar-refractivity contribution < 1.29 is 14.3 Å². The first-order valence-corrected chi connectivity index (χ1v) is 7.61. The standard InChI is InChI=1S/C16H17N5O3/c22-14(12-24-15(23)13-2-6-17-7-3-13)20-8-10-21(11-9-20)16-18-4-1-5-19-16/h1-7H,8-12H2. The van der Waals surface area contributed by atoms with Gasteiger partial charge in [0.2, 0.25) is 5.95 Å². The van der Waals surface area contributed by atoms with Gasteiger partial charge < -0.3 is 14.5 Å². The Bertz CT molecular complexity index is 687. The summed E-state index contributed by atoms with van der Waals surface area (Å²) in [5.41, 5.74) is 0.379. The van der Waals surface area contributed by atoms with Crippen LogP contribution in [0.4, 0.5) is 5.95 Å². The van der Waals surface area contributed by atoms with Crippen molar-refractivity contribution in [3.63, 3.8) is 0 Å². The molecule has 0 aliphatic carbocycles. The van der Waals surface area contributed by atoms with E-state index in [0.717, 1.165) is 0 Å². The maximum atomic E-state index is 12.2. The van der Waals surface area contributed by atoms with E-state index in [1.807, 2.05) is 4.90 Å². The Labute approximate surface area is 139 Å². The highest BCUT2D eigenvalue weighted by Gasteiger charge is 2.23. The Morgan fingerprint density at radius 1 is 1.00 bits per heavy atom. The van der Waals surface area contributed by atoms with Crippen LogP contribution in [-0.2, 0) is 9.53 Å². The number of aromatic nitrogens is 3. The van der Waals surface area contributed by atoms with Crippen LogP contribution in [0.1, 0.15) is 10.4 Å². The first kappa shape index (κ1) is 15.9. The smallest absolute Gasteiger partial charge is 0.338 e. The zero-order chi connectivity index (χ0) is 16.8. The largest absolute Gasteiger partial charge is 0.452 e. The molecule has 0 spiro atoms. The van der Waals surface area contributed by atoms with Gasteiger partial charge in [0, 0.05) is 51.0 Å². The topological polar surface area (TPSA) is 88.5 Å². The number of nitrogens with zero attached hydrogens (tertiary/aromatic N) is 5. The number of amides is 1. The molecule has 0 saturated carbocycles. The molecule has 0 aromatic carbocycles. The molecule has 3 heterocycles. The Hall–Kier alpha value is -3.03. The van der Waals surface area contributed by atoms with Crippen LogP contribution in [0.25, 0.3) is 0 Å². The molecule has 8 heteroatoms. The van der Waals surface area contributed by atoms with Gasteiger partial charge in [-0.1, -0.05) is 0 Å². The molecule has 2 aromatic rings. The third-order valence-electron chi connectivity index (χ3n) is 3.71. The molecule has 1 fully saturated rings. The van der Waals surface area contributed by atoms with Gasteiger partial charge in [0.05, 0.1) is 5.56 Å². The molecule has 1 amide bonds. The molecule has 0 unspecified atom stereocenters. The van der Waals surface area contributed by atoms with Crippen LogP contribution in [0.2, 0.25) is 0 Å². The molecule has 124 valence electrons. The lowest BCUT2D eigenvalue weighted by molar-refractivity contribution is -0.134. The quantitative estimate of drug-likeness (QED) is 0.750. The van der Waals surface area contributed by atoms with E-state index < -0.39 is 5.97 Å². The third kappa shape index (κ3) is 3.83. The molecule has 1 aliphatic rings. The SMILES string of the molecule is O=C(OCC(=O)N1CCN(c2ncccn2)CC1)c1ccncc1. The van der Waals surface area contributed by atoms with Crippen LogP contribution in [0, 0.1) is 0 Å². The van der Waals surface area contributed by atoms with Crippen LogP contribution in [0.15, 0.2) is 43.0 Å². The van der Waals surface area contributed by atoms with Gasteiger partial charge in [0.25, 0.3) is 5.91 Å². The van der Waals surface area contributed by atoms with Crippen molar-refractivity contribution in [2.45, 2.75) is 0 Å². The summed E-state index contributed by atoms with van der Waals surface area (Å²) in [7, 11) is 0. The van der Waals surface area contributed by atoms with Gasteiger partial charge in [0.15, 0.2) is 6.61 Å². The van der Waals surface area contributed by atoms with E-state index in [-0.39, 0.29) is 12.5 Å². The summed E-state index contributed by atoms with van der Waals surface area (Å²) in [6, 6.07) is 4.86. The Kier molecular flexibility index (Phi) is 4.95. The minimum Gasteiger partial charge on any atom is -0.452 e. The van der Waals surface area contributed by atoms with Crippen molar-refractivity contribution in [2.75, 3.05) is 37.7 Å². The lowest BCUT2D eigenvalue weighted by Gasteiger charge is -2.34. The summed E-state index contributed by atoms with van der Waals surface area (Å²) in [5, 5.41) is 0. The lowest BCUT2D eigenvalue weighted by atomic mass is 10.3. The van der Waals surface area contributed by atoms with E-state index >= 15 is 0 Å². The van der Waals surface area contributed by atoms with Crippen LogP contribution >= 0.6 is 0 Å². The fourth-order valence-corrected chi connectivity index (χ4v) is 2.40. The monoisotopic (exact) mass is 327 g/mol. The molecule has 2 aromatic heterocycles. The second-order valence-corrected chi connectivity index (χ2v) is 5.23. The van der Waals surface area contributed by atoms with Gasteiger partial charge in [-0.2, -0.15) is 0 Å². The summed E-state index contributed by atoms with van der Waals surface area (Å²) in [4.78, 5) is 39.9. The number of rotatable bonds is 4. The normalized spacial score (nSPS) is 14.3. The fourth-order valence-electron chi connectivity index (χ4n) is 2.40. The van der Waals surface area contributed by atoms with Crippen molar-refractivity contribution in [1.29, 1.82) is 0 Å². The number of pyridine rings is 1. The van der Waals surface area contributed by atoms with Gasteiger partial charge in [0.1, 0.15) is 0 Å². The van der Waals surface area contributed by atoms with E-state index in [4.69, 9.17) is 4.74 Å². The molecule has 0 atom stereocenters. The average molecular weight is 327 g/mol. The maximum absolute atomic E-state index is 12.2. The van der Waals surface area contributed by atoms with E-state index in [2.05, 4.69) is 15.0 Å². The maximum Gasteiger partial charge on any atom is 0.338 e. The molecule has 0 N–H and O–H groups in total. The third-order valence-corrected chi connectivity index (χ3v) is 3.71. The van der Waals surface area contributed by atoms with Crippen LogP contribution in [0.5, 0.6) is 0 Å². The molecule has 8 nitrogen and oxygen atoms in total.